The molecule has 1 aromatic rings. The number of fused-ring (bicyclic) bond motifs is 1. The predicted molar refractivity (Wildman–Crippen MR) is 69.2 cm³/mol. The van der Waals surface area contributed by atoms with Gasteiger partial charge >= 0.3 is 0 Å². The first-order chi connectivity index (χ1) is 8.53. The largest absolute Gasteiger partial charge is 0.391 e. The van der Waals surface area contributed by atoms with Crippen LogP contribution in [-0.4, -0.2) is 26.2 Å². The molecule has 0 heterocycles. The highest BCUT2D eigenvalue weighted by molar-refractivity contribution is 7.87. The SMILES string of the molecule is CCCNS(=O)(=O)NC1c2ccccc2CC1O. The minimum absolute atomic E-state index is 0.389. The van der Waals surface area contributed by atoms with Gasteiger partial charge in [-0.1, -0.05) is 31.2 Å². The number of aliphatic hydroxyl groups excluding tert-OH is 1. The Bertz CT molecular complexity index is 516. The second-order valence-electron chi connectivity index (χ2n) is 4.46. The first kappa shape index (κ1) is 13.5. The molecule has 18 heavy (non-hydrogen) atoms. The van der Waals surface area contributed by atoms with E-state index >= 15 is 0 Å². The van der Waals surface area contributed by atoms with Crippen molar-refractivity contribution in [1.29, 1.82) is 0 Å². The molecule has 0 radical (unpaired) electrons. The number of hydrogen-bond acceptors (Lipinski definition) is 3. The monoisotopic (exact) mass is 270 g/mol. The Labute approximate surface area is 107 Å². The van der Waals surface area contributed by atoms with Crippen LogP contribution in [-0.2, 0) is 16.6 Å². The van der Waals surface area contributed by atoms with Crippen LogP contribution in [0.4, 0.5) is 0 Å². The normalized spacial score (nSPS) is 23.0. The third-order valence-corrected chi connectivity index (χ3v) is 4.18. The van der Waals surface area contributed by atoms with Crippen molar-refractivity contribution in [2.75, 3.05) is 6.54 Å². The van der Waals surface area contributed by atoms with Crippen molar-refractivity contribution in [3.8, 4) is 0 Å². The predicted octanol–water partition coefficient (Wildman–Crippen LogP) is 0.479. The second-order valence-corrected chi connectivity index (χ2v) is 5.99. The van der Waals surface area contributed by atoms with Gasteiger partial charge in [0.1, 0.15) is 0 Å². The van der Waals surface area contributed by atoms with Crippen molar-refractivity contribution in [2.24, 2.45) is 0 Å². The number of benzene rings is 1. The van der Waals surface area contributed by atoms with Crippen LogP contribution in [0.3, 0.4) is 0 Å². The Hall–Kier alpha value is -0.950. The molecule has 1 aliphatic carbocycles. The molecule has 100 valence electrons. The van der Waals surface area contributed by atoms with Crippen LogP contribution < -0.4 is 9.44 Å². The zero-order valence-corrected chi connectivity index (χ0v) is 11.1. The first-order valence-corrected chi connectivity index (χ1v) is 7.54. The average molecular weight is 270 g/mol. The molecule has 0 spiro atoms. The zero-order valence-electron chi connectivity index (χ0n) is 10.3. The Kier molecular flexibility index (Phi) is 4.01. The van der Waals surface area contributed by atoms with Gasteiger partial charge in [0.25, 0.3) is 10.2 Å². The Morgan fingerprint density at radius 3 is 2.83 bits per heavy atom. The summed E-state index contributed by atoms with van der Waals surface area (Å²) in [5, 5.41) is 9.94. The number of nitrogens with one attached hydrogen (secondary N) is 2. The fraction of sp³-hybridized carbons (Fsp3) is 0.500. The van der Waals surface area contributed by atoms with E-state index in [0.29, 0.717) is 13.0 Å². The van der Waals surface area contributed by atoms with E-state index in [4.69, 9.17) is 0 Å². The minimum atomic E-state index is -3.56. The van der Waals surface area contributed by atoms with Gasteiger partial charge in [-0.2, -0.15) is 13.1 Å². The first-order valence-electron chi connectivity index (χ1n) is 6.06. The van der Waals surface area contributed by atoms with Crippen molar-refractivity contribution >= 4 is 10.2 Å². The molecule has 5 nitrogen and oxygen atoms in total. The minimum Gasteiger partial charge on any atom is -0.391 e. The van der Waals surface area contributed by atoms with Gasteiger partial charge in [-0.15, -0.1) is 0 Å². The molecule has 0 saturated heterocycles. The standard InChI is InChI=1S/C12H18N2O3S/c1-2-7-13-18(16,17)14-12-10-6-4-3-5-9(10)8-11(12)15/h3-6,11-15H,2,7-8H2,1H3. The maximum atomic E-state index is 11.8. The van der Waals surface area contributed by atoms with Crippen LogP contribution >= 0.6 is 0 Å². The maximum Gasteiger partial charge on any atom is 0.277 e. The van der Waals surface area contributed by atoms with E-state index in [1.54, 1.807) is 0 Å². The number of rotatable bonds is 5. The van der Waals surface area contributed by atoms with Gasteiger partial charge in [0.05, 0.1) is 12.1 Å². The highest BCUT2D eigenvalue weighted by Crippen LogP contribution is 2.31. The lowest BCUT2D eigenvalue weighted by Crippen LogP contribution is -2.41. The fourth-order valence-corrected chi connectivity index (χ4v) is 3.34. The summed E-state index contributed by atoms with van der Waals surface area (Å²) in [5.41, 5.74) is 1.85. The Balaban J connectivity index is 2.15. The van der Waals surface area contributed by atoms with E-state index < -0.39 is 22.4 Å². The molecule has 0 bridgehead atoms. The smallest absolute Gasteiger partial charge is 0.277 e. The van der Waals surface area contributed by atoms with Gasteiger partial charge in [-0.05, 0) is 17.5 Å². The van der Waals surface area contributed by atoms with E-state index in [9.17, 15) is 13.5 Å². The highest BCUT2D eigenvalue weighted by Gasteiger charge is 2.33. The topological polar surface area (TPSA) is 78.4 Å². The third-order valence-electron chi connectivity index (χ3n) is 3.03. The van der Waals surface area contributed by atoms with Crippen molar-refractivity contribution in [3.05, 3.63) is 35.4 Å². The maximum absolute atomic E-state index is 11.8. The van der Waals surface area contributed by atoms with Crippen LogP contribution in [0.2, 0.25) is 0 Å². The molecule has 0 amide bonds. The molecule has 3 N–H and O–H groups in total. The van der Waals surface area contributed by atoms with Gasteiger partial charge in [0.2, 0.25) is 0 Å². The molecule has 0 saturated carbocycles. The number of aliphatic hydroxyl groups is 1. The molecule has 1 aromatic carbocycles. The van der Waals surface area contributed by atoms with Crippen molar-refractivity contribution in [1.82, 2.24) is 9.44 Å². The average Bonchev–Trinajstić information content (AvgIpc) is 2.63. The molecule has 0 aliphatic heterocycles. The zero-order chi connectivity index (χ0) is 13.2. The van der Waals surface area contributed by atoms with E-state index in [1.165, 1.54) is 0 Å². The summed E-state index contributed by atoms with van der Waals surface area (Å²) < 4.78 is 28.5. The lowest BCUT2D eigenvalue weighted by atomic mass is 10.1. The number of hydrogen-bond donors (Lipinski definition) is 3. The summed E-state index contributed by atoms with van der Waals surface area (Å²) in [6.07, 6.45) is 0.502. The fourth-order valence-electron chi connectivity index (χ4n) is 2.16. The molecule has 0 fully saturated rings. The quantitative estimate of drug-likeness (QED) is 0.728. The van der Waals surface area contributed by atoms with Crippen molar-refractivity contribution in [3.63, 3.8) is 0 Å². The molecule has 1 aliphatic rings. The Morgan fingerprint density at radius 1 is 1.39 bits per heavy atom. The van der Waals surface area contributed by atoms with Crippen molar-refractivity contribution < 1.29 is 13.5 Å². The van der Waals surface area contributed by atoms with Gasteiger partial charge < -0.3 is 5.11 Å². The van der Waals surface area contributed by atoms with E-state index in [1.807, 2.05) is 31.2 Å². The summed E-state index contributed by atoms with van der Waals surface area (Å²) in [6.45, 7) is 2.28. The summed E-state index contributed by atoms with van der Waals surface area (Å²) in [7, 11) is -3.56. The molecule has 0 aromatic heterocycles. The van der Waals surface area contributed by atoms with Crippen LogP contribution in [0, 0.1) is 0 Å². The lowest BCUT2D eigenvalue weighted by molar-refractivity contribution is 0.151. The van der Waals surface area contributed by atoms with Crippen LogP contribution in [0.15, 0.2) is 24.3 Å². The summed E-state index contributed by atoms with van der Waals surface area (Å²) in [4.78, 5) is 0. The van der Waals surface area contributed by atoms with Gasteiger partial charge in [0, 0.05) is 13.0 Å². The van der Waals surface area contributed by atoms with Crippen LogP contribution in [0.1, 0.15) is 30.5 Å². The van der Waals surface area contributed by atoms with E-state index in [2.05, 4.69) is 9.44 Å². The van der Waals surface area contributed by atoms with Crippen molar-refractivity contribution in [2.45, 2.75) is 31.9 Å². The molecule has 2 unspecified atom stereocenters. The molecule has 6 heteroatoms. The van der Waals surface area contributed by atoms with E-state index in [0.717, 1.165) is 17.5 Å². The summed E-state index contributed by atoms with van der Waals surface area (Å²) >= 11 is 0. The molecule has 2 atom stereocenters. The van der Waals surface area contributed by atoms with Crippen LogP contribution in [0.5, 0.6) is 0 Å². The van der Waals surface area contributed by atoms with E-state index in [-0.39, 0.29) is 0 Å². The lowest BCUT2D eigenvalue weighted by Gasteiger charge is -2.18. The highest BCUT2D eigenvalue weighted by atomic mass is 32.2. The third kappa shape index (κ3) is 2.89. The van der Waals surface area contributed by atoms with Gasteiger partial charge in [0.15, 0.2) is 0 Å². The summed E-state index contributed by atoms with van der Waals surface area (Å²) in [5.74, 6) is 0. The van der Waals surface area contributed by atoms with Crippen LogP contribution in [0.25, 0.3) is 0 Å². The van der Waals surface area contributed by atoms with Gasteiger partial charge in [-0.25, -0.2) is 4.72 Å². The molecular weight excluding hydrogens is 252 g/mol. The van der Waals surface area contributed by atoms with Gasteiger partial charge in [-0.3, -0.25) is 0 Å². The summed E-state index contributed by atoms with van der Waals surface area (Å²) in [6, 6.07) is 6.93. The molecule has 2 rings (SSSR count). The second kappa shape index (κ2) is 5.36. The molecular formula is C12H18N2O3S. The Morgan fingerprint density at radius 2 is 2.11 bits per heavy atom.